The van der Waals surface area contributed by atoms with Crippen LogP contribution >= 0.6 is 0 Å². The van der Waals surface area contributed by atoms with Crippen molar-refractivity contribution >= 4 is 40.2 Å². The van der Waals surface area contributed by atoms with Gasteiger partial charge in [-0.2, -0.15) is 0 Å². The molecule has 0 saturated carbocycles. The number of hydrogen-bond donors (Lipinski definition) is 3. The van der Waals surface area contributed by atoms with Crippen molar-refractivity contribution in [2.75, 3.05) is 56.2 Å². The third-order valence-corrected chi connectivity index (χ3v) is 8.92. The molecule has 12 nitrogen and oxygen atoms in total. The van der Waals surface area contributed by atoms with E-state index in [0.717, 1.165) is 86.7 Å². The van der Waals surface area contributed by atoms with Gasteiger partial charge in [-0.05, 0) is 85.6 Å². The number of benzene rings is 3. The minimum absolute atomic E-state index is 0.0349. The summed E-state index contributed by atoms with van der Waals surface area (Å²) in [6, 6.07) is 15.4. The van der Waals surface area contributed by atoms with E-state index < -0.39 is 23.1 Å². The van der Waals surface area contributed by atoms with Crippen molar-refractivity contribution in [3.05, 3.63) is 118 Å². The third kappa shape index (κ3) is 8.41. The minimum atomic E-state index is -1.02. The number of morpholine rings is 1. The van der Waals surface area contributed by atoms with E-state index in [1.54, 1.807) is 12.3 Å². The lowest BCUT2D eigenvalue weighted by Gasteiger charge is -2.28. The fourth-order valence-electron chi connectivity index (χ4n) is 6.18. The van der Waals surface area contributed by atoms with Crippen molar-refractivity contribution in [3.8, 4) is 5.75 Å². The maximum absolute atomic E-state index is 13.7. The van der Waals surface area contributed by atoms with Crippen LogP contribution in [0.5, 0.6) is 5.75 Å². The molecule has 14 heteroatoms. The molecule has 0 spiro atoms. The number of aromatic nitrogens is 4. The first-order chi connectivity index (χ1) is 25.4. The summed E-state index contributed by atoms with van der Waals surface area (Å²) in [5, 5.41) is 10.2. The van der Waals surface area contributed by atoms with E-state index in [4.69, 9.17) is 14.5 Å². The van der Waals surface area contributed by atoms with Crippen LogP contribution < -0.4 is 31.1 Å². The van der Waals surface area contributed by atoms with E-state index in [2.05, 4.69) is 43.0 Å². The van der Waals surface area contributed by atoms with E-state index in [1.807, 2.05) is 30.3 Å². The van der Waals surface area contributed by atoms with E-state index in [-0.39, 0.29) is 24.8 Å². The molecule has 2 aliphatic heterocycles. The summed E-state index contributed by atoms with van der Waals surface area (Å²) in [4.78, 5) is 41.6. The molecule has 2 aromatic heterocycles. The number of amides is 1. The summed E-state index contributed by atoms with van der Waals surface area (Å²) in [6.45, 7) is 4.99. The van der Waals surface area contributed by atoms with Gasteiger partial charge in [-0.25, -0.2) is 23.7 Å². The molecule has 1 amide bonds. The molecule has 0 bridgehead atoms. The third-order valence-electron chi connectivity index (χ3n) is 8.92. The fraction of sp³-hybridized carbons (Fsp3) is 0.289. The second-order valence-electron chi connectivity index (χ2n) is 12.6. The van der Waals surface area contributed by atoms with E-state index >= 15 is 0 Å². The Hall–Kier alpha value is -5.73. The molecular weight excluding hydrogens is 670 g/mol. The SMILES string of the molecule is O=C(NCC=Cc1cc(OC2CCNCC2)c2nc(Nc3ccc(N4CCOCC4)cc3)ncc2c1)c1cncn(Cc2ccc(F)c(F)c2)c1=O. The standard InChI is InChI=1S/C38H38F2N8O4/c39-32-8-3-26(19-33(32)40)23-48-24-42-22-31(37(48)50)36(49)43-11-1-2-25-18-27-21-44-38(46-35(27)34(20-25)52-30-9-12-41-13-10-30)45-28-4-6-29(7-5-28)47-14-16-51-17-15-47/h1-8,18-22,24,30,41H,9-17,23H2,(H,43,49)(H,44,45,46). The van der Waals surface area contributed by atoms with Gasteiger partial charge in [0.25, 0.3) is 11.5 Å². The van der Waals surface area contributed by atoms with Gasteiger partial charge >= 0.3 is 0 Å². The zero-order valence-electron chi connectivity index (χ0n) is 28.4. The van der Waals surface area contributed by atoms with Crippen molar-refractivity contribution in [1.29, 1.82) is 0 Å². The molecule has 2 aliphatic rings. The number of anilines is 3. The summed E-state index contributed by atoms with van der Waals surface area (Å²) in [5.74, 6) is -1.53. The van der Waals surface area contributed by atoms with Gasteiger partial charge in [0, 0.05) is 48.8 Å². The largest absolute Gasteiger partial charge is 0.488 e. The van der Waals surface area contributed by atoms with Gasteiger partial charge in [0.2, 0.25) is 5.95 Å². The van der Waals surface area contributed by atoms with Crippen LogP contribution in [0.2, 0.25) is 0 Å². The summed E-state index contributed by atoms with van der Waals surface area (Å²) in [7, 11) is 0. The van der Waals surface area contributed by atoms with Crippen molar-refractivity contribution in [3.63, 3.8) is 0 Å². The van der Waals surface area contributed by atoms with E-state index in [1.165, 1.54) is 23.2 Å². The predicted octanol–water partition coefficient (Wildman–Crippen LogP) is 4.67. The topological polar surface area (TPSA) is 136 Å². The predicted molar refractivity (Wildman–Crippen MR) is 194 cm³/mol. The summed E-state index contributed by atoms with van der Waals surface area (Å²) < 4.78 is 40.1. The average Bonchev–Trinajstić information content (AvgIpc) is 3.17. The molecule has 3 aromatic carbocycles. The maximum atomic E-state index is 13.7. The van der Waals surface area contributed by atoms with Gasteiger partial charge in [-0.3, -0.25) is 14.2 Å². The number of nitrogens with zero attached hydrogens (tertiary/aromatic N) is 5. The molecule has 2 fully saturated rings. The molecule has 2 saturated heterocycles. The number of fused-ring (bicyclic) bond motifs is 1. The van der Waals surface area contributed by atoms with Gasteiger partial charge < -0.3 is 30.3 Å². The second-order valence-corrected chi connectivity index (χ2v) is 12.6. The number of carbonyl (C=O) groups is 1. The highest BCUT2D eigenvalue weighted by atomic mass is 19.2. The number of ether oxygens (including phenoxy) is 2. The van der Waals surface area contributed by atoms with Crippen LogP contribution in [0.15, 0.2) is 84.2 Å². The Balaban J connectivity index is 1.04. The van der Waals surface area contributed by atoms with E-state index in [0.29, 0.717) is 22.8 Å². The Morgan fingerprint density at radius 1 is 1.02 bits per heavy atom. The maximum Gasteiger partial charge on any atom is 0.266 e. The van der Waals surface area contributed by atoms with Crippen molar-refractivity contribution in [2.45, 2.75) is 25.5 Å². The zero-order chi connectivity index (χ0) is 35.9. The Kier molecular flexibility index (Phi) is 10.7. The Bertz CT molecular complexity index is 2130. The normalized spacial score (nSPS) is 15.2. The Morgan fingerprint density at radius 3 is 2.62 bits per heavy atom. The molecule has 3 N–H and O–H groups in total. The molecule has 7 rings (SSSR count). The van der Waals surface area contributed by atoms with Crippen LogP contribution in [0.1, 0.15) is 34.3 Å². The summed E-state index contributed by atoms with van der Waals surface area (Å²) in [6.07, 6.45) is 9.58. The lowest BCUT2D eigenvalue weighted by atomic mass is 10.1. The van der Waals surface area contributed by atoms with Crippen LogP contribution in [0, 0.1) is 11.6 Å². The van der Waals surface area contributed by atoms with Crippen LogP contribution in [-0.2, 0) is 11.3 Å². The zero-order valence-corrected chi connectivity index (χ0v) is 28.4. The Morgan fingerprint density at radius 2 is 1.83 bits per heavy atom. The monoisotopic (exact) mass is 708 g/mol. The average molecular weight is 709 g/mol. The number of rotatable bonds is 11. The molecule has 268 valence electrons. The van der Waals surface area contributed by atoms with Crippen LogP contribution in [0.3, 0.4) is 0 Å². The first-order valence-electron chi connectivity index (χ1n) is 17.2. The molecule has 4 heterocycles. The van der Waals surface area contributed by atoms with Crippen molar-refractivity contribution < 1.29 is 23.0 Å². The Labute approximate surface area is 298 Å². The highest BCUT2D eigenvalue weighted by Crippen LogP contribution is 2.30. The molecule has 0 radical (unpaired) electrons. The number of carbonyl (C=O) groups excluding carboxylic acids is 1. The van der Waals surface area contributed by atoms with Gasteiger partial charge in [0.15, 0.2) is 11.6 Å². The second kappa shape index (κ2) is 16.1. The van der Waals surface area contributed by atoms with Gasteiger partial charge in [-0.1, -0.05) is 18.2 Å². The molecule has 5 aromatic rings. The van der Waals surface area contributed by atoms with Gasteiger partial charge in [0.05, 0.1) is 26.1 Å². The highest BCUT2D eigenvalue weighted by molar-refractivity contribution is 5.93. The van der Waals surface area contributed by atoms with Crippen LogP contribution in [0.4, 0.5) is 26.1 Å². The summed E-state index contributed by atoms with van der Waals surface area (Å²) in [5.41, 5.74) is 3.10. The number of halogens is 2. The first-order valence-corrected chi connectivity index (χ1v) is 17.2. The number of piperidine rings is 1. The molecule has 0 aliphatic carbocycles. The molecule has 52 heavy (non-hydrogen) atoms. The highest BCUT2D eigenvalue weighted by Gasteiger charge is 2.18. The fourth-order valence-corrected chi connectivity index (χ4v) is 6.18. The smallest absolute Gasteiger partial charge is 0.266 e. The molecule has 0 atom stereocenters. The van der Waals surface area contributed by atoms with Crippen LogP contribution in [0.25, 0.3) is 17.0 Å². The lowest BCUT2D eigenvalue weighted by molar-refractivity contribution is 0.0955. The molecular formula is C38H38F2N8O4. The van der Waals surface area contributed by atoms with Crippen molar-refractivity contribution in [2.24, 2.45) is 0 Å². The minimum Gasteiger partial charge on any atom is -0.488 e. The quantitative estimate of drug-likeness (QED) is 0.178. The summed E-state index contributed by atoms with van der Waals surface area (Å²) >= 11 is 0. The number of hydrogen-bond acceptors (Lipinski definition) is 10. The van der Waals surface area contributed by atoms with Crippen molar-refractivity contribution in [1.82, 2.24) is 30.2 Å². The van der Waals surface area contributed by atoms with Crippen LogP contribution in [-0.4, -0.2) is 77.5 Å². The van der Waals surface area contributed by atoms with Gasteiger partial charge in [0.1, 0.15) is 22.9 Å². The molecule has 0 unspecified atom stereocenters. The number of nitrogens with one attached hydrogen (secondary N) is 3. The lowest BCUT2D eigenvalue weighted by Crippen LogP contribution is -2.36. The van der Waals surface area contributed by atoms with Gasteiger partial charge in [-0.15, -0.1) is 0 Å². The first kappa shape index (κ1) is 34.7. The van der Waals surface area contributed by atoms with E-state index in [9.17, 15) is 18.4 Å².